The largest absolute Gasteiger partial charge is 0.307 e. The van der Waals surface area contributed by atoms with Crippen LogP contribution in [0.1, 0.15) is 18.4 Å². The third kappa shape index (κ3) is 3.97. The van der Waals surface area contributed by atoms with Crippen LogP contribution in [0, 0.1) is 17.1 Å². The van der Waals surface area contributed by atoms with E-state index in [1.807, 2.05) is 97.1 Å². The summed E-state index contributed by atoms with van der Waals surface area (Å²) in [6, 6.07) is 46.8. The van der Waals surface area contributed by atoms with Crippen LogP contribution in [0.3, 0.4) is 0 Å². The Morgan fingerprint density at radius 2 is 1.00 bits per heavy atom. The number of rotatable bonds is 4. The number of hydrogen-bond donors (Lipinski definition) is 0. The van der Waals surface area contributed by atoms with Gasteiger partial charge < -0.3 is 9.13 Å². The van der Waals surface area contributed by atoms with Crippen molar-refractivity contribution in [2.75, 3.05) is 0 Å². The van der Waals surface area contributed by atoms with E-state index in [0.29, 0.717) is 33.6 Å². The van der Waals surface area contributed by atoms with E-state index in [-0.39, 0.29) is 0 Å². The Morgan fingerprint density at radius 1 is 0.511 bits per heavy atom. The fraction of sp³-hybridized carbons (Fsp3) is 0.0465. The maximum absolute atomic E-state index is 18.1. The number of fused-ring (bicyclic) bond motifs is 6. The van der Waals surface area contributed by atoms with Crippen molar-refractivity contribution in [3.05, 3.63) is 155 Å². The Morgan fingerprint density at radius 3 is 1.60 bits per heavy atom. The highest BCUT2D eigenvalue weighted by atomic mass is 19.1. The van der Waals surface area contributed by atoms with E-state index in [4.69, 9.17) is 0 Å². The molecule has 0 fully saturated rings. The lowest BCUT2D eigenvalue weighted by Crippen LogP contribution is -2.31. The molecule has 222 valence electrons. The fourth-order valence-electron chi connectivity index (χ4n) is 7.54. The van der Waals surface area contributed by atoms with E-state index in [2.05, 4.69) is 63.8 Å². The fourth-order valence-corrected chi connectivity index (χ4v) is 7.54. The lowest BCUT2D eigenvalue weighted by Gasteiger charge is -2.24. The number of para-hydroxylation sites is 3. The zero-order valence-corrected chi connectivity index (χ0v) is 25.5. The first-order valence-corrected chi connectivity index (χ1v) is 16.0. The van der Waals surface area contributed by atoms with Gasteiger partial charge in [-0.2, -0.15) is 5.26 Å². The standard InChI is InChI=1S/C43H28FN3/c44-41-39(28-15-3-1-4-16-28)34(27-45)42(46-35-23-11-7-19-30(35)31-20-8-12-24-36(31)46)40(29-17-5-2-6-18-29)43(41)47-37-25-13-9-21-32(37)33-22-10-14-26-38(33)47/h1-9,11-13,15-26H,10,14H2. The molecule has 1 aliphatic rings. The number of benzene rings is 6. The molecule has 4 heteroatoms. The monoisotopic (exact) mass is 605 g/mol. The number of nitrogens with zero attached hydrogens (tertiary/aromatic N) is 3. The van der Waals surface area contributed by atoms with Crippen LogP contribution >= 0.6 is 0 Å². The van der Waals surface area contributed by atoms with Crippen LogP contribution < -0.4 is 10.6 Å². The van der Waals surface area contributed by atoms with Gasteiger partial charge in [0.1, 0.15) is 6.07 Å². The molecule has 0 atom stereocenters. The average Bonchev–Trinajstić information content (AvgIpc) is 3.65. The summed E-state index contributed by atoms with van der Waals surface area (Å²) in [4.78, 5) is 0. The predicted molar refractivity (Wildman–Crippen MR) is 191 cm³/mol. The zero-order chi connectivity index (χ0) is 31.5. The minimum absolute atomic E-state index is 0.295. The highest BCUT2D eigenvalue weighted by molar-refractivity contribution is 6.11. The topological polar surface area (TPSA) is 33.6 Å². The molecule has 0 saturated heterocycles. The minimum Gasteiger partial charge on any atom is -0.307 e. The van der Waals surface area contributed by atoms with E-state index < -0.39 is 5.82 Å². The van der Waals surface area contributed by atoms with Crippen molar-refractivity contribution >= 4 is 44.9 Å². The Hall–Kier alpha value is -6.18. The smallest absolute Gasteiger partial charge is 0.157 e. The quantitative estimate of drug-likeness (QED) is 0.197. The lowest BCUT2D eigenvalue weighted by atomic mass is 9.90. The van der Waals surface area contributed by atoms with Crippen molar-refractivity contribution in [3.63, 3.8) is 0 Å². The van der Waals surface area contributed by atoms with Crippen LogP contribution in [-0.2, 0) is 0 Å². The van der Waals surface area contributed by atoms with Crippen molar-refractivity contribution < 1.29 is 4.39 Å². The predicted octanol–water partition coefficient (Wildman–Crippen LogP) is 9.43. The second-order valence-corrected chi connectivity index (χ2v) is 12.0. The van der Waals surface area contributed by atoms with Crippen molar-refractivity contribution in [2.24, 2.45) is 0 Å². The van der Waals surface area contributed by atoms with Crippen molar-refractivity contribution in [1.82, 2.24) is 9.13 Å². The molecule has 0 bridgehead atoms. The van der Waals surface area contributed by atoms with Crippen LogP contribution in [0.5, 0.6) is 0 Å². The second kappa shape index (κ2) is 10.7. The first kappa shape index (κ1) is 27.2. The highest BCUT2D eigenvalue weighted by Gasteiger charge is 2.31. The van der Waals surface area contributed by atoms with Gasteiger partial charge in [0.05, 0.1) is 33.5 Å². The van der Waals surface area contributed by atoms with Gasteiger partial charge in [-0.25, -0.2) is 4.39 Å². The summed E-state index contributed by atoms with van der Waals surface area (Å²) in [5.41, 5.74) is 6.71. The summed E-state index contributed by atoms with van der Waals surface area (Å²) in [5, 5.41) is 16.5. The SMILES string of the molecule is N#Cc1c(-c2ccccc2)c(F)c(-n2c3c(c4ccccc42)=CCCC=3)c(-c2ccccc2)c1-n1c2ccccc2c2ccccc21. The summed E-state index contributed by atoms with van der Waals surface area (Å²) in [7, 11) is 0. The lowest BCUT2D eigenvalue weighted by molar-refractivity contribution is 0.622. The molecule has 3 nitrogen and oxygen atoms in total. The van der Waals surface area contributed by atoms with Gasteiger partial charge in [0.2, 0.25) is 0 Å². The second-order valence-electron chi connectivity index (χ2n) is 12.0. The molecule has 9 rings (SSSR count). The molecule has 0 unspecified atom stereocenters. The minimum atomic E-state index is -0.418. The molecule has 8 aromatic rings. The molecule has 2 aromatic heterocycles. The number of aromatic nitrogens is 2. The van der Waals surface area contributed by atoms with Gasteiger partial charge >= 0.3 is 0 Å². The van der Waals surface area contributed by atoms with Crippen LogP contribution in [0.15, 0.2) is 133 Å². The third-order valence-corrected chi connectivity index (χ3v) is 9.46. The Labute approximate surface area is 271 Å². The van der Waals surface area contributed by atoms with Gasteiger partial charge in [0.25, 0.3) is 0 Å². The summed E-state index contributed by atoms with van der Waals surface area (Å²) in [6.07, 6.45) is 6.30. The first-order valence-electron chi connectivity index (χ1n) is 16.0. The molecule has 1 aliphatic carbocycles. The number of nitriles is 1. The van der Waals surface area contributed by atoms with Gasteiger partial charge in [0, 0.05) is 37.9 Å². The summed E-state index contributed by atoms with van der Waals surface area (Å²) in [5.74, 6) is -0.418. The van der Waals surface area contributed by atoms with Gasteiger partial charge in [-0.3, -0.25) is 0 Å². The van der Waals surface area contributed by atoms with Gasteiger partial charge in [-0.1, -0.05) is 127 Å². The molecule has 0 N–H and O–H groups in total. The van der Waals surface area contributed by atoms with Crippen molar-refractivity contribution in [3.8, 4) is 39.7 Å². The Kier molecular flexibility index (Phi) is 6.19. The molecule has 0 spiro atoms. The van der Waals surface area contributed by atoms with E-state index in [9.17, 15) is 5.26 Å². The van der Waals surface area contributed by atoms with E-state index >= 15 is 4.39 Å². The molecule has 47 heavy (non-hydrogen) atoms. The highest BCUT2D eigenvalue weighted by Crippen LogP contribution is 2.46. The number of halogens is 1. The van der Waals surface area contributed by atoms with Gasteiger partial charge in [-0.15, -0.1) is 0 Å². The molecule has 2 heterocycles. The van der Waals surface area contributed by atoms with Crippen molar-refractivity contribution in [2.45, 2.75) is 12.8 Å². The van der Waals surface area contributed by atoms with E-state index in [1.54, 1.807) is 0 Å². The average molecular weight is 606 g/mol. The number of hydrogen-bond acceptors (Lipinski definition) is 1. The van der Waals surface area contributed by atoms with Gasteiger partial charge in [-0.05, 0) is 42.2 Å². The maximum Gasteiger partial charge on any atom is 0.157 e. The Bertz CT molecular complexity index is 2640. The Balaban J connectivity index is 1.60. The molecule has 0 aliphatic heterocycles. The molecular formula is C43H28FN3. The molecule has 0 saturated carbocycles. The summed E-state index contributed by atoms with van der Waals surface area (Å²) < 4.78 is 22.3. The normalized spacial score (nSPS) is 12.5. The zero-order valence-electron chi connectivity index (χ0n) is 25.5. The van der Waals surface area contributed by atoms with E-state index in [0.717, 1.165) is 61.7 Å². The molecular weight excluding hydrogens is 577 g/mol. The molecule has 0 radical (unpaired) electrons. The third-order valence-electron chi connectivity index (χ3n) is 9.46. The van der Waals surface area contributed by atoms with E-state index in [1.165, 1.54) is 0 Å². The molecule has 0 amide bonds. The van der Waals surface area contributed by atoms with Gasteiger partial charge in [0.15, 0.2) is 5.82 Å². The maximum atomic E-state index is 18.1. The summed E-state index contributed by atoms with van der Waals surface area (Å²) >= 11 is 0. The van der Waals surface area contributed by atoms with Crippen LogP contribution in [0.25, 0.3) is 78.5 Å². The molecule has 6 aromatic carbocycles. The van der Waals surface area contributed by atoms with Crippen LogP contribution in [0.4, 0.5) is 4.39 Å². The van der Waals surface area contributed by atoms with Crippen LogP contribution in [0.2, 0.25) is 0 Å². The van der Waals surface area contributed by atoms with Crippen molar-refractivity contribution in [1.29, 1.82) is 5.26 Å². The van der Waals surface area contributed by atoms with Crippen LogP contribution in [-0.4, -0.2) is 9.13 Å². The summed E-state index contributed by atoms with van der Waals surface area (Å²) in [6.45, 7) is 0. The first-order chi connectivity index (χ1) is 23.3.